The fourth-order valence-electron chi connectivity index (χ4n) is 2.94. The molecule has 2 heterocycles. The first-order chi connectivity index (χ1) is 14.4. The molecule has 1 aromatic carbocycles. The number of esters is 1. The van der Waals surface area contributed by atoms with E-state index in [4.69, 9.17) is 4.74 Å². The van der Waals surface area contributed by atoms with Crippen molar-refractivity contribution in [3.63, 3.8) is 0 Å². The first-order valence-electron chi connectivity index (χ1n) is 9.87. The van der Waals surface area contributed by atoms with Gasteiger partial charge in [-0.15, -0.1) is 11.8 Å². The van der Waals surface area contributed by atoms with Gasteiger partial charge in [-0.25, -0.2) is 4.98 Å². The minimum absolute atomic E-state index is 0.0209. The maximum atomic E-state index is 12.8. The van der Waals surface area contributed by atoms with Crippen LogP contribution in [0.15, 0.2) is 71.2 Å². The lowest BCUT2D eigenvalue weighted by molar-refractivity contribution is -0.144. The second-order valence-corrected chi connectivity index (χ2v) is 8.66. The molecule has 30 heavy (non-hydrogen) atoms. The molecule has 0 amide bonds. The van der Waals surface area contributed by atoms with Crippen LogP contribution in [0.5, 0.6) is 0 Å². The highest BCUT2D eigenvalue weighted by atomic mass is 32.2. The van der Waals surface area contributed by atoms with Crippen LogP contribution in [0, 0.1) is 6.92 Å². The number of fused-ring (bicyclic) bond motifs is 1. The van der Waals surface area contributed by atoms with Gasteiger partial charge in [-0.3, -0.25) is 14.0 Å². The SMILES string of the molecule is CC(C)=CCSC(Cc1ccccc1)C(=O)OCc1cc(=O)n2cc(C)ccc2n1. The number of carbonyl (C=O) groups is 1. The highest BCUT2D eigenvalue weighted by Gasteiger charge is 2.21. The van der Waals surface area contributed by atoms with Crippen molar-refractivity contribution in [2.24, 2.45) is 0 Å². The van der Waals surface area contributed by atoms with Gasteiger partial charge in [0.2, 0.25) is 0 Å². The molecule has 1 atom stereocenters. The third kappa shape index (κ3) is 6.07. The van der Waals surface area contributed by atoms with E-state index < -0.39 is 0 Å². The summed E-state index contributed by atoms with van der Waals surface area (Å²) in [5, 5.41) is -0.327. The Bertz CT molecular complexity index is 1100. The Morgan fingerprint density at radius 2 is 1.97 bits per heavy atom. The lowest BCUT2D eigenvalue weighted by Crippen LogP contribution is -2.24. The van der Waals surface area contributed by atoms with Crippen molar-refractivity contribution in [1.29, 1.82) is 0 Å². The molecule has 0 N–H and O–H groups in total. The minimum atomic E-state index is -0.327. The van der Waals surface area contributed by atoms with E-state index in [9.17, 15) is 9.59 Å². The van der Waals surface area contributed by atoms with Crippen LogP contribution in [0.3, 0.4) is 0 Å². The molecule has 156 valence electrons. The fraction of sp³-hybridized carbons (Fsp3) is 0.292. The van der Waals surface area contributed by atoms with Gasteiger partial charge >= 0.3 is 5.97 Å². The van der Waals surface area contributed by atoms with Crippen molar-refractivity contribution in [1.82, 2.24) is 9.38 Å². The van der Waals surface area contributed by atoms with Gasteiger partial charge in [0.25, 0.3) is 5.56 Å². The number of pyridine rings is 1. The lowest BCUT2D eigenvalue weighted by atomic mass is 10.1. The van der Waals surface area contributed by atoms with E-state index in [1.165, 1.54) is 16.0 Å². The van der Waals surface area contributed by atoms with E-state index in [1.54, 1.807) is 24.0 Å². The zero-order valence-electron chi connectivity index (χ0n) is 17.5. The summed E-state index contributed by atoms with van der Waals surface area (Å²) < 4.78 is 7.05. The number of hydrogen-bond acceptors (Lipinski definition) is 5. The van der Waals surface area contributed by atoms with Gasteiger partial charge in [-0.1, -0.05) is 48.0 Å². The average molecular weight is 423 g/mol. The van der Waals surface area contributed by atoms with Crippen LogP contribution in [-0.2, 0) is 22.6 Å². The number of carbonyl (C=O) groups excluding carboxylic acids is 1. The molecule has 0 fully saturated rings. The number of aryl methyl sites for hydroxylation is 1. The fourth-order valence-corrected chi connectivity index (χ4v) is 4.12. The highest BCUT2D eigenvalue weighted by molar-refractivity contribution is 8.00. The molecule has 5 nitrogen and oxygen atoms in total. The predicted octanol–water partition coefficient (Wildman–Crippen LogP) is 4.36. The lowest BCUT2D eigenvalue weighted by Gasteiger charge is -2.15. The number of aromatic nitrogens is 2. The molecule has 0 aliphatic carbocycles. The number of allylic oxidation sites excluding steroid dienone is 1. The quantitative estimate of drug-likeness (QED) is 0.399. The van der Waals surface area contributed by atoms with Crippen LogP contribution in [-0.4, -0.2) is 26.4 Å². The summed E-state index contributed by atoms with van der Waals surface area (Å²) in [6.07, 6.45) is 4.44. The highest BCUT2D eigenvalue weighted by Crippen LogP contribution is 2.20. The summed E-state index contributed by atoms with van der Waals surface area (Å²) >= 11 is 1.56. The normalized spacial score (nSPS) is 11.8. The van der Waals surface area contributed by atoms with Gasteiger partial charge in [0.1, 0.15) is 17.5 Å². The Morgan fingerprint density at radius 1 is 1.20 bits per heavy atom. The Morgan fingerprint density at radius 3 is 2.70 bits per heavy atom. The maximum Gasteiger partial charge on any atom is 0.319 e. The number of ether oxygens (including phenoxy) is 1. The molecule has 3 rings (SSSR count). The molecule has 1 unspecified atom stereocenters. The van der Waals surface area contributed by atoms with E-state index in [0.717, 1.165) is 16.9 Å². The number of rotatable bonds is 8. The molecule has 0 saturated carbocycles. The van der Waals surface area contributed by atoms with Crippen LogP contribution in [0.25, 0.3) is 5.65 Å². The van der Waals surface area contributed by atoms with Gasteiger partial charge in [-0.05, 0) is 44.4 Å². The summed E-state index contributed by atoms with van der Waals surface area (Å²) in [5.74, 6) is 0.445. The summed E-state index contributed by atoms with van der Waals surface area (Å²) in [6.45, 7) is 5.97. The van der Waals surface area contributed by atoms with Crippen LogP contribution < -0.4 is 5.56 Å². The van der Waals surface area contributed by atoms with Crippen molar-refractivity contribution in [2.75, 3.05) is 5.75 Å². The van der Waals surface area contributed by atoms with E-state index in [2.05, 4.69) is 11.1 Å². The Labute approximate surface area is 180 Å². The second-order valence-electron chi connectivity index (χ2n) is 7.42. The van der Waals surface area contributed by atoms with Crippen molar-refractivity contribution < 1.29 is 9.53 Å². The van der Waals surface area contributed by atoms with Crippen molar-refractivity contribution in [3.05, 3.63) is 93.6 Å². The third-order valence-corrected chi connectivity index (χ3v) is 5.66. The molecular weight excluding hydrogens is 396 g/mol. The standard InChI is InChI=1S/C24H26N2O3S/c1-17(2)11-12-30-21(13-19-7-5-4-6-8-19)24(28)29-16-20-14-23(27)26-15-18(3)9-10-22(26)25-20/h4-11,14-15,21H,12-13,16H2,1-3H3. The van der Waals surface area contributed by atoms with E-state index in [-0.39, 0.29) is 23.4 Å². The Kier molecular flexibility index (Phi) is 7.46. The molecule has 0 aliphatic rings. The Balaban J connectivity index is 1.71. The predicted molar refractivity (Wildman–Crippen MR) is 122 cm³/mol. The van der Waals surface area contributed by atoms with E-state index in [1.807, 2.05) is 57.2 Å². The number of benzene rings is 1. The first-order valence-corrected chi connectivity index (χ1v) is 10.9. The smallest absolute Gasteiger partial charge is 0.319 e. The maximum absolute atomic E-state index is 12.8. The first kappa shape index (κ1) is 21.8. The Hall–Kier alpha value is -2.86. The summed E-state index contributed by atoms with van der Waals surface area (Å²) in [5.41, 5.74) is 4.08. The zero-order valence-corrected chi connectivity index (χ0v) is 18.3. The van der Waals surface area contributed by atoms with Gasteiger partial charge < -0.3 is 4.74 Å². The zero-order chi connectivity index (χ0) is 21.5. The molecule has 6 heteroatoms. The van der Waals surface area contributed by atoms with E-state index >= 15 is 0 Å². The third-order valence-electron chi connectivity index (χ3n) is 4.54. The molecular formula is C24H26N2O3S. The molecule has 3 aromatic rings. The molecule has 0 radical (unpaired) electrons. The van der Waals surface area contributed by atoms with Crippen LogP contribution in [0.1, 0.15) is 30.7 Å². The summed E-state index contributed by atoms with van der Waals surface area (Å²) in [6, 6.07) is 15.0. The minimum Gasteiger partial charge on any atom is -0.458 e. The summed E-state index contributed by atoms with van der Waals surface area (Å²) in [4.78, 5) is 29.6. The number of thioether (sulfide) groups is 1. The van der Waals surface area contributed by atoms with Gasteiger partial charge in [0.05, 0.1) is 5.69 Å². The van der Waals surface area contributed by atoms with Crippen LogP contribution >= 0.6 is 11.8 Å². The van der Waals surface area contributed by atoms with Gasteiger partial charge in [-0.2, -0.15) is 0 Å². The monoisotopic (exact) mass is 422 g/mol. The van der Waals surface area contributed by atoms with Crippen molar-refractivity contribution in [3.8, 4) is 0 Å². The second kappa shape index (κ2) is 10.3. The summed E-state index contributed by atoms with van der Waals surface area (Å²) in [7, 11) is 0. The average Bonchev–Trinajstić information content (AvgIpc) is 2.72. The molecule has 0 bridgehead atoms. The van der Waals surface area contributed by atoms with Gasteiger partial charge in [0.15, 0.2) is 0 Å². The molecule has 2 aromatic heterocycles. The van der Waals surface area contributed by atoms with Crippen LogP contribution in [0.4, 0.5) is 0 Å². The van der Waals surface area contributed by atoms with Crippen molar-refractivity contribution in [2.45, 2.75) is 39.0 Å². The topological polar surface area (TPSA) is 60.7 Å². The number of nitrogens with zero attached hydrogens (tertiary/aromatic N) is 2. The van der Waals surface area contributed by atoms with E-state index in [0.29, 0.717) is 17.8 Å². The molecule has 0 saturated heterocycles. The van der Waals surface area contributed by atoms with Crippen molar-refractivity contribution >= 4 is 23.4 Å². The van der Waals surface area contributed by atoms with Gasteiger partial charge in [0, 0.05) is 18.0 Å². The number of hydrogen-bond donors (Lipinski definition) is 0. The molecule has 0 aliphatic heterocycles. The van der Waals surface area contributed by atoms with Crippen LogP contribution in [0.2, 0.25) is 0 Å². The largest absolute Gasteiger partial charge is 0.458 e. The molecule has 0 spiro atoms.